The van der Waals surface area contributed by atoms with Gasteiger partial charge in [-0.2, -0.15) is 8.78 Å². The summed E-state index contributed by atoms with van der Waals surface area (Å²) in [5, 5.41) is 1.74. The second-order valence-corrected chi connectivity index (χ2v) is 15.7. The molecule has 17 heteroatoms. The zero-order valence-electron chi connectivity index (χ0n) is 29.1. The molecule has 0 atom stereocenters. The average Bonchev–Trinajstić information content (AvgIpc) is 3.08. The highest BCUT2D eigenvalue weighted by Crippen LogP contribution is 2.25. The van der Waals surface area contributed by atoms with Gasteiger partial charge in [-0.05, 0) is 61.4 Å². The summed E-state index contributed by atoms with van der Waals surface area (Å²) >= 11 is 0. The first-order valence-corrected chi connectivity index (χ1v) is 19.4. The van der Waals surface area contributed by atoms with Gasteiger partial charge < -0.3 is 11.1 Å². The van der Waals surface area contributed by atoms with Gasteiger partial charge in [0.1, 0.15) is 11.6 Å². The van der Waals surface area contributed by atoms with Crippen molar-refractivity contribution in [3.05, 3.63) is 130 Å². The van der Waals surface area contributed by atoms with Gasteiger partial charge in [0.25, 0.3) is 5.91 Å². The Morgan fingerprint density at radius 2 is 1.09 bits per heavy atom. The Bertz CT molecular complexity index is 2200. The monoisotopic (exact) mass is 778 g/mol. The predicted octanol–water partition coefficient (Wildman–Crippen LogP) is 4.91. The molecule has 0 bridgehead atoms. The molecule has 11 nitrogen and oxygen atoms in total. The van der Waals surface area contributed by atoms with Crippen molar-refractivity contribution in [3.8, 4) is 0 Å². The minimum atomic E-state index is -3.72. The van der Waals surface area contributed by atoms with Crippen LogP contribution in [0.15, 0.2) is 84.9 Å². The standard InChI is InChI=1S/C19H19F3N2O4S.C17H19FN2O3S/c1-12-4-3-5-15(8-12)24(29(2,27)28)11-14-7-6-13(9-16(14)20)17(25)10-23-19(26)18(21)22;1-12-4-3-5-15(8-12)20(24(2,22)23)11-14-7-6-13(9-16(14)18)17(21)10-19/h3-9,18H,10-11H2,1-2H3,(H,23,26);3-9H,10-11,19H2,1-2H3. The van der Waals surface area contributed by atoms with Crippen LogP contribution < -0.4 is 19.7 Å². The molecule has 0 aromatic heterocycles. The van der Waals surface area contributed by atoms with Gasteiger partial charge in [0.2, 0.25) is 20.0 Å². The highest BCUT2D eigenvalue weighted by molar-refractivity contribution is 7.92. The maximum Gasteiger partial charge on any atom is 0.315 e. The molecule has 0 fully saturated rings. The largest absolute Gasteiger partial charge is 0.344 e. The molecule has 3 N–H and O–H groups in total. The number of carbonyl (C=O) groups is 3. The number of amides is 1. The van der Waals surface area contributed by atoms with Crippen LogP contribution in [0, 0.1) is 25.5 Å². The van der Waals surface area contributed by atoms with Crippen LogP contribution in [0.2, 0.25) is 0 Å². The lowest BCUT2D eigenvalue weighted by Crippen LogP contribution is -2.34. The Kier molecular flexibility index (Phi) is 14.4. The third-order valence-corrected chi connectivity index (χ3v) is 9.85. The van der Waals surface area contributed by atoms with E-state index < -0.39 is 56.3 Å². The van der Waals surface area contributed by atoms with Crippen molar-refractivity contribution in [1.29, 1.82) is 0 Å². The van der Waals surface area contributed by atoms with Crippen molar-refractivity contribution < 1.29 is 48.8 Å². The van der Waals surface area contributed by atoms with Crippen molar-refractivity contribution in [2.75, 3.05) is 34.2 Å². The van der Waals surface area contributed by atoms with E-state index in [1.165, 1.54) is 24.3 Å². The molecule has 0 heterocycles. The lowest BCUT2D eigenvalue weighted by Gasteiger charge is -2.23. The van der Waals surface area contributed by atoms with Crippen LogP contribution in [0.4, 0.5) is 28.9 Å². The van der Waals surface area contributed by atoms with E-state index in [0.717, 1.165) is 44.4 Å². The molecule has 0 saturated heterocycles. The van der Waals surface area contributed by atoms with Gasteiger partial charge in [-0.3, -0.25) is 23.0 Å². The van der Waals surface area contributed by atoms with Gasteiger partial charge in [0, 0.05) is 22.3 Å². The number of ketones is 2. The molecule has 4 rings (SSSR count). The Balaban J connectivity index is 0.000000290. The molecular weight excluding hydrogens is 741 g/mol. The van der Waals surface area contributed by atoms with Gasteiger partial charge in [0.05, 0.1) is 50.1 Å². The number of hydrogen-bond donors (Lipinski definition) is 2. The summed E-state index contributed by atoms with van der Waals surface area (Å²) in [6, 6.07) is 20.9. The van der Waals surface area contributed by atoms with Crippen molar-refractivity contribution in [3.63, 3.8) is 0 Å². The second kappa shape index (κ2) is 18.1. The van der Waals surface area contributed by atoms with E-state index in [0.29, 0.717) is 11.4 Å². The Morgan fingerprint density at radius 1 is 0.679 bits per heavy atom. The molecule has 4 aromatic carbocycles. The minimum Gasteiger partial charge on any atom is -0.344 e. The molecule has 0 unspecified atom stereocenters. The van der Waals surface area contributed by atoms with Crippen LogP contribution in [0.25, 0.3) is 0 Å². The molecule has 0 radical (unpaired) electrons. The number of anilines is 2. The van der Waals surface area contributed by atoms with Crippen molar-refractivity contribution in [2.45, 2.75) is 33.4 Å². The first-order valence-electron chi connectivity index (χ1n) is 15.7. The fourth-order valence-corrected chi connectivity index (χ4v) is 6.58. The summed E-state index contributed by atoms with van der Waals surface area (Å²) in [5.41, 5.74) is 8.02. The summed E-state index contributed by atoms with van der Waals surface area (Å²) in [6.45, 7) is 2.25. The number of aryl methyl sites for hydroxylation is 2. The SMILES string of the molecule is Cc1cccc(N(Cc2ccc(C(=O)CN)cc2F)S(C)(=O)=O)c1.Cc1cccc(N(Cc2ccc(C(=O)CNC(=O)C(F)F)cc2F)S(C)(=O)=O)c1. The zero-order valence-corrected chi connectivity index (χ0v) is 30.8. The molecular formula is C36H38F4N4O7S2. The highest BCUT2D eigenvalue weighted by atomic mass is 32.2. The lowest BCUT2D eigenvalue weighted by atomic mass is 10.1. The number of sulfonamides is 2. The number of carbonyl (C=O) groups excluding carboxylic acids is 3. The predicted molar refractivity (Wildman–Crippen MR) is 194 cm³/mol. The van der Waals surface area contributed by atoms with Crippen molar-refractivity contribution in [1.82, 2.24) is 5.32 Å². The van der Waals surface area contributed by atoms with Crippen molar-refractivity contribution >= 4 is 48.9 Å². The quantitative estimate of drug-likeness (QED) is 0.135. The zero-order chi connectivity index (χ0) is 39.7. The van der Waals surface area contributed by atoms with E-state index >= 15 is 0 Å². The summed E-state index contributed by atoms with van der Waals surface area (Å²) < 4.78 is 104. The normalized spacial score (nSPS) is 11.4. The average molecular weight is 779 g/mol. The molecule has 0 aliphatic rings. The Morgan fingerprint density at radius 3 is 1.43 bits per heavy atom. The second-order valence-electron chi connectivity index (χ2n) is 11.9. The van der Waals surface area contributed by atoms with Crippen LogP contribution in [0.3, 0.4) is 0 Å². The number of rotatable bonds is 14. The lowest BCUT2D eigenvalue weighted by molar-refractivity contribution is -0.131. The van der Waals surface area contributed by atoms with E-state index in [-0.39, 0.29) is 47.7 Å². The third-order valence-electron chi connectivity index (χ3n) is 7.56. The van der Waals surface area contributed by atoms with Crippen molar-refractivity contribution in [2.24, 2.45) is 5.73 Å². The van der Waals surface area contributed by atoms with E-state index in [9.17, 15) is 48.8 Å². The Labute approximate surface area is 305 Å². The van der Waals surface area contributed by atoms with Crippen LogP contribution in [0.1, 0.15) is 43.0 Å². The van der Waals surface area contributed by atoms with Crippen LogP contribution in [-0.2, 0) is 37.9 Å². The van der Waals surface area contributed by atoms with E-state index in [2.05, 4.69) is 0 Å². The number of nitrogens with two attached hydrogens (primary N) is 1. The number of hydrogen-bond acceptors (Lipinski definition) is 8. The number of Topliss-reactive ketones (excluding diaryl/α,β-unsaturated/α-hetero) is 2. The molecule has 0 aliphatic heterocycles. The fourth-order valence-electron chi connectivity index (χ4n) is 4.84. The summed E-state index contributed by atoms with van der Waals surface area (Å²) in [7, 11) is -7.32. The highest BCUT2D eigenvalue weighted by Gasteiger charge is 2.22. The number of nitrogens with one attached hydrogen (secondary N) is 1. The summed E-state index contributed by atoms with van der Waals surface area (Å²) in [6.07, 6.45) is -1.19. The molecule has 1 amide bonds. The number of benzene rings is 4. The molecule has 284 valence electrons. The molecule has 0 saturated carbocycles. The fraction of sp³-hybridized carbons (Fsp3) is 0.250. The number of halogens is 4. The van der Waals surface area contributed by atoms with Crippen LogP contribution in [0.5, 0.6) is 0 Å². The van der Waals surface area contributed by atoms with Gasteiger partial charge in [-0.1, -0.05) is 48.5 Å². The number of alkyl halides is 2. The molecule has 0 aliphatic carbocycles. The van der Waals surface area contributed by atoms with Crippen LogP contribution in [-0.4, -0.2) is 66.3 Å². The number of nitrogens with zero attached hydrogens (tertiary/aromatic N) is 2. The molecule has 0 spiro atoms. The maximum absolute atomic E-state index is 14.5. The maximum atomic E-state index is 14.5. The molecule has 4 aromatic rings. The topological polar surface area (TPSA) is 164 Å². The van der Waals surface area contributed by atoms with Gasteiger partial charge in [-0.15, -0.1) is 0 Å². The van der Waals surface area contributed by atoms with Gasteiger partial charge in [-0.25, -0.2) is 25.6 Å². The first kappa shape index (κ1) is 42.3. The first-order chi connectivity index (χ1) is 24.7. The minimum absolute atomic E-state index is 0.0186. The van der Waals surface area contributed by atoms with E-state index in [1.807, 2.05) is 13.0 Å². The van der Waals surface area contributed by atoms with E-state index in [4.69, 9.17) is 5.73 Å². The molecule has 53 heavy (non-hydrogen) atoms. The summed E-state index contributed by atoms with van der Waals surface area (Å²) in [5.74, 6) is -4.22. The smallest absolute Gasteiger partial charge is 0.315 e. The van der Waals surface area contributed by atoms with Crippen LogP contribution >= 0.6 is 0 Å². The van der Waals surface area contributed by atoms with E-state index in [1.54, 1.807) is 54.7 Å². The van der Waals surface area contributed by atoms with Gasteiger partial charge in [0.15, 0.2) is 11.6 Å². The van der Waals surface area contributed by atoms with Gasteiger partial charge >= 0.3 is 6.43 Å². The third kappa shape index (κ3) is 12.2. The Hall–Kier alpha value is -5.13. The summed E-state index contributed by atoms with van der Waals surface area (Å²) in [4.78, 5) is 34.3.